The summed E-state index contributed by atoms with van der Waals surface area (Å²) in [4.78, 5) is 40.7. The number of nitrogens with one attached hydrogen (secondary N) is 1. The number of nitrogens with zero attached hydrogens (tertiary/aromatic N) is 1. The number of piperidine rings is 1. The number of carboxylic acid groups (broad SMARTS) is 1. The number of aliphatic carboxylic acids is 1. The van der Waals surface area contributed by atoms with E-state index in [1.54, 1.807) is 35.2 Å². The monoisotopic (exact) mass is 472 g/mol. The quantitative estimate of drug-likeness (QED) is 0.662. The van der Waals surface area contributed by atoms with E-state index in [4.69, 9.17) is 23.2 Å². The van der Waals surface area contributed by atoms with Crippen molar-refractivity contribution < 1.29 is 19.5 Å². The minimum Gasteiger partial charge on any atom is -0.481 e. The summed E-state index contributed by atoms with van der Waals surface area (Å²) in [5.74, 6) is -2.46. The van der Waals surface area contributed by atoms with Crippen LogP contribution in [0.25, 0.3) is 0 Å². The largest absolute Gasteiger partial charge is 0.481 e. The van der Waals surface area contributed by atoms with Gasteiger partial charge < -0.3 is 15.3 Å². The molecular weight excluding hydrogens is 451 g/mol. The van der Waals surface area contributed by atoms with Crippen LogP contribution < -0.4 is 5.32 Å². The molecule has 0 radical (unpaired) electrons. The van der Waals surface area contributed by atoms with Gasteiger partial charge in [-0.05, 0) is 55.0 Å². The SMILES string of the molecule is O=C(O)C[C@@H]1C[C@@H](c2cccc(Cl)c2)[C@@]2(C(=O)Nc3cc(Cl)ccc32)N(CC2CC2)C1=O. The minimum atomic E-state index is -1.28. The molecule has 3 aliphatic rings. The van der Waals surface area contributed by atoms with Crippen LogP contribution in [0.5, 0.6) is 0 Å². The lowest BCUT2D eigenvalue weighted by Crippen LogP contribution is -2.62. The van der Waals surface area contributed by atoms with Gasteiger partial charge in [-0.2, -0.15) is 0 Å². The molecule has 1 saturated heterocycles. The van der Waals surface area contributed by atoms with E-state index in [1.165, 1.54) is 0 Å². The molecule has 2 amide bonds. The van der Waals surface area contributed by atoms with Crippen molar-refractivity contribution in [2.24, 2.45) is 11.8 Å². The van der Waals surface area contributed by atoms with E-state index in [-0.39, 0.29) is 24.7 Å². The predicted octanol–water partition coefficient (Wildman–Crippen LogP) is 4.66. The molecule has 166 valence electrons. The summed E-state index contributed by atoms with van der Waals surface area (Å²) in [5, 5.41) is 13.4. The van der Waals surface area contributed by atoms with Crippen LogP contribution in [0.2, 0.25) is 10.0 Å². The Bertz CT molecular complexity index is 1130. The lowest BCUT2D eigenvalue weighted by molar-refractivity contribution is -0.160. The Kier molecular flexibility index (Phi) is 5.18. The van der Waals surface area contributed by atoms with E-state index in [0.717, 1.165) is 18.4 Å². The van der Waals surface area contributed by atoms with E-state index >= 15 is 0 Å². The maximum absolute atomic E-state index is 13.8. The molecule has 1 spiro atoms. The molecular formula is C24H22Cl2N2O4. The fourth-order valence-corrected chi connectivity index (χ4v) is 5.69. The lowest BCUT2D eigenvalue weighted by atomic mass is 9.66. The molecule has 2 N–H and O–H groups in total. The molecule has 6 nitrogen and oxygen atoms in total. The second-order valence-corrected chi connectivity index (χ2v) is 9.81. The third-order valence-electron chi connectivity index (χ3n) is 6.86. The van der Waals surface area contributed by atoms with E-state index in [1.807, 2.05) is 12.1 Å². The van der Waals surface area contributed by atoms with Gasteiger partial charge >= 0.3 is 5.97 Å². The van der Waals surface area contributed by atoms with Gasteiger partial charge in [0.1, 0.15) is 0 Å². The van der Waals surface area contributed by atoms with Gasteiger partial charge in [0, 0.05) is 39.7 Å². The maximum atomic E-state index is 13.8. The van der Waals surface area contributed by atoms with E-state index in [9.17, 15) is 19.5 Å². The molecule has 2 fully saturated rings. The first-order valence-electron chi connectivity index (χ1n) is 10.7. The Labute approximate surface area is 195 Å². The van der Waals surface area contributed by atoms with Crippen molar-refractivity contribution in [3.05, 3.63) is 63.6 Å². The molecule has 0 bridgehead atoms. The highest BCUT2D eigenvalue weighted by Crippen LogP contribution is 2.56. The molecule has 0 aromatic heterocycles. The molecule has 2 aliphatic heterocycles. The standard InChI is InChI=1S/C24H22Cl2N2O4/c25-16-3-1-2-14(8-16)19-9-15(10-21(29)30)22(31)28(12-13-4-5-13)24(19)18-7-6-17(26)11-20(18)27-23(24)32/h1-3,6-8,11,13,15,19H,4-5,9-10,12H2,(H,27,32)(H,29,30)/t15-,19-,24-/m0/s1. The number of rotatable bonds is 5. The van der Waals surface area contributed by atoms with Crippen molar-refractivity contribution in [3.63, 3.8) is 0 Å². The van der Waals surface area contributed by atoms with E-state index < -0.39 is 23.3 Å². The van der Waals surface area contributed by atoms with Crippen molar-refractivity contribution in [1.82, 2.24) is 4.90 Å². The van der Waals surface area contributed by atoms with Crippen LogP contribution in [0.15, 0.2) is 42.5 Å². The zero-order chi connectivity index (χ0) is 22.6. The second-order valence-electron chi connectivity index (χ2n) is 8.94. The molecule has 32 heavy (non-hydrogen) atoms. The van der Waals surface area contributed by atoms with Crippen LogP contribution in [0, 0.1) is 11.8 Å². The Balaban J connectivity index is 1.74. The molecule has 5 rings (SSSR count). The molecule has 0 unspecified atom stereocenters. The summed E-state index contributed by atoms with van der Waals surface area (Å²) in [5.41, 5.74) is 0.804. The first-order chi connectivity index (χ1) is 15.3. The average Bonchev–Trinajstić information content (AvgIpc) is 3.51. The summed E-state index contributed by atoms with van der Waals surface area (Å²) in [6, 6.07) is 12.5. The van der Waals surface area contributed by atoms with Crippen LogP contribution in [0.1, 0.15) is 42.7 Å². The van der Waals surface area contributed by atoms with Crippen molar-refractivity contribution in [1.29, 1.82) is 0 Å². The smallest absolute Gasteiger partial charge is 0.304 e. The van der Waals surface area contributed by atoms with Gasteiger partial charge in [-0.1, -0.05) is 41.4 Å². The fourth-order valence-electron chi connectivity index (χ4n) is 5.32. The Morgan fingerprint density at radius 1 is 1.12 bits per heavy atom. The number of fused-ring (bicyclic) bond motifs is 2. The van der Waals surface area contributed by atoms with Crippen LogP contribution in [0.3, 0.4) is 0 Å². The number of hydrogen-bond acceptors (Lipinski definition) is 3. The summed E-state index contributed by atoms with van der Waals surface area (Å²) in [7, 11) is 0. The number of anilines is 1. The van der Waals surface area contributed by atoms with Gasteiger partial charge in [0.25, 0.3) is 5.91 Å². The van der Waals surface area contributed by atoms with Crippen molar-refractivity contribution in [2.75, 3.05) is 11.9 Å². The van der Waals surface area contributed by atoms with Gasteiger partial charge in [0.05, 0.1) is 6.42 Å². The first kappa shape index (κ1) is 21.3. The van der Waals surface area contributed by atoms with Crippen molar-refractivity contribution in [3.8, 4) is 0 Å². The molecule has 3 atom stereocenters. The van der Waals surface area contributed by atoms with Crippen LogP contribution in [0.4, 0.5) is 5.69 Å². The molecule has 2 aromatic carbocycles. The Morgan fingerprint density at radius 2 is 1.88 bits per heavy atom. The fraction of sp³-hybridized carbons (Fsp3) is 0.375. The number of benzene rings is 2. The zero-order valence-corrected chi connectivity index (χ0v) is 18.7. The highest BCUT2D eigenvalue weighted by atomic mass is 35.5. The molecule has 1 saturated carbocycles. The van der Waals surface area contributed by atoms with Crippen LogP contribution in [-0.2, 0) is 19.9 Å². The Hall–Kier alpha value is -2.57. The topological polar surface area (TPSA) is 86.7 Å². The third kappa shape index (κ3) is 3.37. The van der Waals surface area contributed by atoms with Gasteiger partial charge in [-0.25, -0.2) is 0 Å². The highest BCUT2D eigenvalue weighted by molar-refractivity contribution is 6.31. The Morgan fingerprint density at radius 3 is 2.56 bits per heavy atom. The number of amides is 2. The zero-order valence-electron chi connectivity index (χ0n) is 17.2. The molecule has 8 heteroatoms. The summed E-state index contributed by atoms with van der Waals surface area (Å²) < 4.78 is 0. The van der Waals surface area contributed by atoms with Gasteiger partial charge in [0.15, 0.2) is 5.54 Å². The molecule has 2 aromatic rings. The van der Waals surface area contributed by atoms with Crippen LogP contribution in [-0.4, -0.2) is 34.3 Å². The predicted molar refractivity (Wildman–Crippen MR) is 121 cm³/mol. The number of carbonyl (C=O) groups excluding carboxylic acids is 2. The average molecular weight is 473 g/mol. The number of halogens is 2. The van der Waals surface area contributed by atoms with Gasteiger partial charge in [-0.3, -0.25) is 14.4 Å². The second kappa shape index (κ2) is 7.78. The lowest BCUT2D eigenvalue weighted by Gasteiger charge is -2.51. The summed E-state index contributed by atoms with van der Waals surface area (Å²) in [6.45, 7) is 0.418. The van der Waals surface area contributed by atoms with E-state index in [2.05, 4.69) is 5.32 Å². The molecule has 2 heterocycles. The van der Waals surface area contributed by atoms with Gasteiger partial charge in [0.2, 0.25) is 5.91 Å². The normalized spacial score (nSPS) is 26.9. The van der Waals surface area contributed by atoms with Gasteiger partial charge in [-0.15, -0.1) is 0 Å². The number of likely N-dealkylation sites (tertiary alicyclic amines) is 1. The third-order valence-corrected chi connectivity index (χ3v) is 7.33. The van der Waals surface area contributed by atoms with Crippen molar-refractivity contribution in [2.45, 2.75) is 37.1 Å². The minimum absolute atomic E-state index is 0.238. The van der Waals surface area contributed by atoms with Crippen LogP contribution >= 0.6 is 23.2 Å². The number of carboxylic acids is 1. The maximum Gasteiger partial charge on any atom is 0.304 e. The summed E-state index contributed by atoms with van der Waals surface area (Å²) >= 11 is 12.5. The van der Waals surface area contributed by atoms with Crippen molar-refractivity contribution >= 4 is 46.7 Å². The van der Waals surface area contributed by atoms with E-state index in [0.29, 0.717) is 33.8 Å². The number of carbonyl (C=O) groups is 3. The summed E-state index contributed by atoms with van der Waals surface area (Å²) in [6.07, 6.45) is 1.94. The molecule has 1 aliphatic carbocycles. The number of hydrogen-bond donors (Lipinski definition) is 2. The first-order valence-corrected chi connectivity index (χ1v) is 11.5. The highest BCUT2D eigenvalue weighted by Gasteiger charge is 2.62.